The van der Waals surface area contributed by atoms with E-state index >= 15 is 0 Å². The van der Waals surface area contributed by atoms with Crippen molar-refractivity contribution in [2.24, 2.45) is 0 Å². The molecule has 0 saturated heterocycles. The maximum Gasteiger partial charge on any atom is 0.275 e. The van der Waals surface area contributed by atoms with Gasteiger partial charge in [0.05, 0.1) is 21.6 Å². The van der Waals surface area contributed by atoms with Crippen molar-refractivity contribution in [3.8, 4) is 21.8 Å². The molecule has 3 heterocycles. The second-order valence-electron chi connectivity index (χ2n) is 6.71. The summed E-state index contributed by atoms with van der Waals surface area (Å²) >= 11 is 1.35. The van der Waals surface area contributed by atoms with Crippen molar-refractivity contribution in [1.29, 1.82) is 0 Å². The van der Waals surface area contributed by atoms with Crippen LogP contribution < -0.4 is 5.32 Å². The standard InChI is InChI=1S/C23H18N4O2S/c1-14-6-5-7-16(12-14)21-22(19-10-9-18(30-19)15(2)28)26-20(13-25-21)27-23(29)17-8-3-4-11-24-17/h3-13H,1-2H3,(H,26,27,29). The molecule has 0 unspecified atom stereocenters. The molecule has 30 heavy (non-hydrogen) atoms. The summed E-state index contributed by atoms with van der Waals surface area (Å²) < 4.78 is 0. The van der Waals surface area contributed by atoms with E-state index in [9.17, 15) is 9.59 Å². The molecule has 4 aromatic rings. The molecule has 4 rings (SSSR count). The van der Waals surface area contributed by atoms with Crippen LogP contribution in [0.5, 0.6) is 0 Å². The summed E-state index contributed by atoms with van der Waals surface area (Å²) in [5.41, 5.74) is 3.60. The van der Waals surface area contributed by atoms with Gasteiger partial charge in [-0.1, -0.05) is 29.8 Å². The van der Waals surface area contributed by atoms with Crippen LogP contribution in [-0.4, -0.2) is 26.6 Å². The third-order valence-electron chi connectivity index (χ3n) is 4.39. The Morgan fingerprint density at radius 2 is 1.83 bits per heavy atom. The molecule has 0 aliphatic rings. The number of rotatable bonds is 5. The Balaban J connectivity index is 1.77. The first kappa shape index (κ1) is 19.6. The molecule has 0 radical (unpaired) electrons. The fourth-order valence-corrected chi connectivity index (χ4v) is 3.85. The highest BCUT2D eigenvalue weighted by molar-refractivity contribution is 7.17. The van der Waals surface area contributed by atoms with Crippen LogP contribution in [0.4, 0.5) is 5.82 Å². The van der Waals surface area contributed by atoms with E-state index < -0.39 is 0 Å². The molecule has 148 valence electrons. The van der Waals surface area contributed by atoms with Gasteiger partial charge < -0.3 is 5.32 Å². The van der Waals surface area contributed by atoms with Crippen molar-refractivity contribution in [3.63, 3.8) is 0 Å². The summed E-state index contributed by atoms with van der Waals surface area (Å²) in [6.45, 7) is 3.54. The average Bonchev–Trinajstić information content (AvgIpc) is 3.25. The van der Waals surface area contributed by atoms with Crippen molar-refractivity contribution >= 4 is 28.8 Å². The minimum atomic E-state index is -0.366. The van der Waals surface area contributed by atoms with Crippen molar-refractivity contribution in [2.75, 3.05) is 5.32 Å². The average molecular weight is 414 g/mol. The Hall–Kier alpha value is -3.71. The van der Waals surface area contributed by atoms with Gasteiger partial charge in [0.15, 0.2) is 11.6 Å². The molecule has 0 spiro atoms. The number of carbonyl (C=O) groups excluding carboxylic acids is 2. The highest BCUT2D eigenvalue weighted by atomic mass is 32.1. The molecule has 0 atom stereocenters. The fourth-order valence-electron chi connectivity index (χ4n) is 2.96. The van der Waals surface area contributed by atoms with Crippen molar-refractivity contribution in [1.82, 2.24) is 15.0 Å². The minimum Gasteiger partial charge on any atom is -0.304 e. The molecule has 3 aromatic heterocycles. The second-order valence-corrected chi connectivity index (χ2v) is 7.79. The van der Waals surface area contributed by atoms with E-state index in [4.69, 9.17) is 0 Å². The van der Waals surface area contributed by atoms with Gasteiger partial charge in [-0.25, -0.2) is 4.98 Å². The summed E-state index contributed by atoms with van der Waals surface area (Å²) in [4.78, 5) is 39.0. The number of thiophene rings is 1. The molecule has 0 aliphatic heterocycles. The second kappa shape index (κ2) is 8.34. The number of hydrogen-bond acceptors (Lipinski definition) is 6. The number of nitrogens with zero attached hydrogens (tertiary/aromatic N) is 3. The topological polar surface area (TPSA) is 84.8 Å². The van der Waals surface area contributed by atoms with E-state index in [1.807, 2.05) is 37.3 Å². The molecule has 1 amide bonds. The summed E-state index contributed by atoms with van der Waals surface area (Å²) in [5, 5.41) is 2.75. The van der Waals surface area contributed by atoms with E-state index in [1.54, 1.807) is 30.5 Å². The Labute approximate surface area is 177 Å². The van der Waals surface area contributed by atoms with Crippen LogP contribution in [0.1, 0.15) is 32.6 Å². The predicted molar refractivity (Wildman–Crippen MR) is 118 cm³/mol. The van der Waals surface area contributed by atoms with Crippen LogP contribution in [-0.2, 0) is 0 Å². The van der Waals surface area contributed by atoms with Crippen LogP contribution in [0, 0.1) is 6.92 Å². The van der Waals surface area contributed by atoms with Crippen molar-refractivity contribution < 1.29 is 9.59 Å². The number of benzene rings is 1. The fraction of sp³-hybridized carbons (Fsp3) is 0.0870. The Morgan fingerprint density at radius 1 is 0.967 bits per heavy atom. The van der Waals surface area contributed by atoms with Crippen LogP contribution >= 0.6 is 11.3 Å². The third kappa shape index (κ3) is 4.16. The van der Waals surface area contributed by atoms with Gasteiger partial charge in [-0.2, -0.15) is 0 Å². The maximum absolute atomic E-state index is 12.5. The number of anilines is 1. The highest BCUT2D eigenvalue weighted by Gasteiger charge is 2.17. The smallest absolute Gasteiger partial charge is 0.275 e. The largest absolute Gasteiger partial charge is 0.304 e. The number of hydrogen-bond donors (Lipinski definition) is 1. The first-order valence-electron chi connectivity index (χ1n) is 9.29. The quantitative estimate of drug-likeness (QED) is 0.463. The molecular formula is C23H18N4O2S. The van der Waals surface area contributed by atoms with E-state index in [0.717, 1.165) is 16.0 Å². The molecular weight excluding hydrogens is 396 g/mol. The van der Waals surface area contributed by atoms with E-state index in [0.29, 0.717) is 27.8 Å². The van der Waals surface area contributed by atoms with Gasteiger partial charge in [0, 0.05) is 11.8 Å². The Bertz CT molecular complexity index is 1230. The number of Topliss-reactive ketones (excluding diaryl/α,β-unsaturated/α-hetero) is 1. The lowest BCUT2D eigenvalue weighted by molar-refractivity contribution is 0.101. The molecule has 0 fully saturated rings. The first-order valence-corrected chi connectivity index (χ1v) is 10.1. The normalized spacial score (nSPS) is 10.6. The number of carbonyl (C=O) groups is 2. The van der Waals surface area contributed by atoms with Gasteiger partial charge >= 0.3 is 0 Å². The number of nitrogens with one attached hydrogen (secondary N) is 1. The van der Waals surface area contributed by atoms with E-state index in [-0.39, 0.29) is 11.7 Å². The Morgan fingerprint density at radius 3 is 2.53 bits per heavy atom. The van der Waals surface area contributed by atoms with Crippen LogP contribution in [0.15, 0.2) is 67.0 Å². The van der Waals surface area contributed by atoms with Crippen LogP contribution in [0.2, 0.25) is 0 Å². The molecule has 0 bridgehead atoms. The minimum absolute atomic E-state index is 0.00377. The lowest BCUT2D eigenvalue weighted by Gasteiger charge is -2.10. The summed E-state index contributed by atoms with van der Waals surface area (Å²) in [6, 6.07) is 16.7. The van der Waals surface area contributed by atoms with Crippen LogP contribution in [0.3, 0.4) is 0 Å². The summed E-state index contributed by atoms with van der Waals surface area (Å²) in [7, 11) is 0. The van der Waals surface area contributed by atoms with Gasteiger partial charge in [-0.3, -0.25) is 19.6 Å². The lowest BCUT2D eigenvalue weighted by Crippen LogP contribution is -2.15. The van der Waals surface area contributed by atoms with Crippen LogP contribution in [0.25, 0.3) is 21.8 Å². The zero-order chi connectivity index (χ0) is 21.1. The monoisotopic (exact) mass is 414 g/mol. The summed E-state index contributed by atoms with van der Waals surface area (Å²) in [5.74, 6) is -0.0551. The van der Waals surface area contributed by atoms with Gasteiger partial charge in [-0.15, -0.1) is 11.3 Å². The molecule has 0 saturated carbocycles. The van der Waals surface area contributed by atoms with Crippen molar-refractivity contribution in [2.45, 2.75) is 13.8 Å². The number of aryl methyl sites for hydroxylation is 1. The molecule has 1 aromatic carbocycles. The molecule has 1 N–H and O–H groups in total. The molecule has 7 heteroatoms. The molecule has 0 aliphatic carbocycles. The molecule has 6 nitrogen and oxygen atoms in total. The van der Waals surface area contributed by atoms with Gasteiger partial charge in [0.25, 0.3) is 5.91 Å². The van der Waals surface area contributed by atoms with Gasteiger partial charge in [-0.05, 0) is 44.2 Å². The van der Waals surface area contributed by atoms with Gasteiger partial charge in [0.2, 0.25) is 0 Å². The summed E-state index contributed by atoms with van der Waals surface area (Å²) in [6.07, 6.45) is 3.09. The maximum atomic E-state index is 12.5. The zero-order valence-corrected chi connectivity index (χ0v) is 17.2. The number of ketones is 1. The van der Waals surface area contributed by atoms with E-state index in [1.165, 1.54) is 24.5 Å². The SMILES string of the molecule is CC(=O)c1ccc(-c2nc(NC(=O)c3ccccn3)cnc2-c2cccc(C)c2)s1. The van der Waals surface area contributed by atoms with E-state index in [2.05, 4.69) is 20.3 Å². The number of amides is 1. The Kier molecular flexibility index (Phi) is 5.45. The third-order valence-corrected chi connectivity index (χ3v) is 5.58. The van der Waals surface area contributed by atoms with Gasteiger partial charge in [0.1, 0.15) is 11.4 Å². The van der Waals surface area contributed by atoms with Crippen molar-refractivity contribution in [3.05, 3.63) is 83.1 Å². The first-order chi connectivity index (χ1) is 14.5. The number of pyridine rings is 1. The lowest BCUT2D eigenvalue weighted by atomic mass is 10.1. The highest BCUT2D eigenvalue weighted by Crippen LogP contribution is 2.34. The predicted octanol–water partition coefficient (Wildman–Crippen LogP) is 5.03. The number of aromatic nitrogens is 3. The zero-order valence-electron chi connectivity index (χ0n) is 16.4.